The smallest absolute Gasteiger partial charge is 0.339 e. The second-order valence-corrected chi connectivity index (χ2v) is 9.29. The molecule has 3 aromatic rings. The molecule has 0 atom stereocenters. The SMILES string of the molecule is COc1ccc(S(=O)(=O)Oc2ccccc2CN(Cc2ccco2)C(=O)CC(C)C)cc1. The summed E-state index contributed by atoms with van der Waals surface area (Å²) in [7, 11) is -2.56. The summed E-state index contributed by atoms with van der Waals surface area (Å²) in [5.41, 5.74) is 0.577. The quantitative estimate of drug-likeness (QED) is 0.413. The molecule has 32 heavy (non-hydrogen) atoms. The Labute approximate surface area is 188 Å². The highest BCUT2D eigenvalue weighted by atomic mass is 32.2. The van der Waals surface area contributed by atoms with Crippen LogP contribution in [0.3, 0.4) is 0 Å². The van der Waals surface area contributed by atoms with E-state index in [9.17, 15) is 13.2 Å². The van der Waals surface area contributed by atoms with Gasteiger partial charge in [-0.2, -0.15) is 8.42 Å². The van der Waals surface area contributed by atoms with Crippen molar-refractivity contribution in [1.29, 1.82) is 0 Å². The van der Waals surface area contributed by atoms with Gasteiger partial charge >= 0.3 is 10.1 Å². The van der Waals surface area contributed by atoms with Crippen LogP contribution < -0.4 is 8.92 Å². The van der Waals surface area contributed by atoms with E-state index in [1.165, 1.54) is 19.2 Å². The molecule has 0 fully saturated rings. The zero-order valence-corrected chi connectivity index (χ0v) is 19.2. The molecule has 1 heterocycles. The van der Waals surface area contributed by atoms with Crippen LogP contribution in [-0.2, 0) is 28.0 Å². The van der Waals surface area contributed by atoms with Crippen molar-refractivity contribution in [2.75, 3.05) is 7.11 Å². The molecule has 7 nitrogen and oxygen atoms in total. The highest BCUT2D eigenvalue weighted by Crippen LogP contribution is 2.26. The van der Waals surface area contributed by atoms with Crippen LogP contribution in [0.5, 0.6) is 11.5 Å². The minimum absolute atomic E-state index is 0.0106. The molecule has 0 spiro atoms. The highest BCUT2D eigenvalue weighted by Gasteiger charge is 2.22. The van der Waals surface area contributed by atoms with Crippen LogP contribution >= 0.6 is 0 Å². The molecular weight excluding hydrogens is 430 g/mol. The molecule has 0 saturated carbocycles. The van der Waals surface area contributed by atoms with Crippen molar-refractivity contribution in [2.45, 2.75) is 38.3 Å². The van der Waals surface area contributed by atoms with Crippen molar-refractivity contribution in [3.05, 3.63) is 78.3 Å². The molecule has 170 valence electrons. The predicted molar refractivity (Wildman–Crippen MR) is 120 cm³/mol. The Hall–Kier alpha value is -3.26. The fraction of sp³-hybridized carbons (Fsp3) is 0.292. The maximum Gasteiger partial charge on any atom is 0.339 e. The number of ether oxygens (including phenoxy) is 1. The van der Waals surface area contributed by atoms with Gasteiger partial charge in [0, 0.05) is 18.5 Å². The Morgan fingerprint density at radius 2 is 1.72 bits per heavy atom. The summed E-state index contributed by atoms with van der Waals surface area (Å²) in [6.07, 6.45) is 1.92. The number of furan rings is 1. The summed E-state index contributed by atoms with van der Waals surface area (Å²) in [6.45, 7) is 4.40. The van der Waals surface area contributed by atoms with Gasteiger partial charge in [0.15, 0.2) is 0 Å². The van der Waals surface area contributed by atoms with E-state index in [-0.39, 0.29) is 35.6 Å². The lowest BCUT2D eigenvalue weighted by atomic mass is 10.1. The lowest BCUT2D eigenvalue weighted by Crippen LogP contribution is -2.31. The summed E-state index contributed by atoms with van der Waals surface area (Å²) < 4.78 is 41.6. The lowest BCUT2D eigenvalue weighted by molar-refractivity contribution is -0.133. The van der Waals surface area contributed by atoms with Crippen LogP contribution in [0.4, 0.5) is 0 Å². The number of hydrogen-bond donors (Lipinski definition) is 0. The highest BCUT2D eigenvalue weighted by molar-refractivity contribution is 7.87. The van der Waals surface area contributed by atoms with Gasteiger partial charge in [-0.1, -0.05) is 32.0 Å². The molecule has 1 aromatic heterocycles. The number of carbonyl (C=O) groups is 1. The van der Waals surface area contributed by atoms with Crippen molar-refractivity contribution in [3.63, 3.8) is 0 Å². The minimum Gasteiger partial charge on any atom is -0.497 e. The Bertz CT molecular complexity index is 1120. The van der Waals surface area contributed by atoms with Crippen LogP contribution in [-0.4, -0.2) is 26.3 Å². The van der Waals surface area contributed by atoms with E-state index in [0.29, 0.717) is 23.5 Å². The van der Waals surface area contributed by atoms with E-state index < -0.39 is 10.1 Å². The molecule has 0 saturated heterocycles. The average Bonchev–Trinajstić information content (AvgIpc) is 3.27. The molecule has 3 rings (SSSR count). The van der Waals surface area contributed by atoms with Gasteiger partial charge in [0.05, 0.1) is 19.9 Å². The van der Waals surface area contributed by atoms with Gasteiger partial charge < -0.3 is 18.2 Å². The molecule has 8 heteroatoms. The summed E-state index contributed by atoms with van der Waals surface area (Å²) in [6, 6.07) is 16.3. The Kier molecular flexibility index (Phi) is 7.58. The normalized spacial score (nSPS) is 11.4. The first-order valence-corrected chi connectivity index (χ1v) is 11.7. The minimum atomic E-state index is -4.06. The number of rotatable bonds is 10. The van der Waals surface area contributed by atoms with Crippen molar-refractivity contribution in [1.82, 2.24) is 4.90 Å². The number of benzene rings is 2. The third kappa shape index (κ3) is 6.13. The van der Waals surface area contributed by atoms with Crippen LogP contribution in [0, 0.1) is 5.92 Å². The maximum atomic E-state index is 12.9. The summed E-state index contributed by atoms with van der Waals surface area (Å²) >= 11 is 0. The summed E-state index contributed by atoms with van der Waals surface area (Å²) in [5, 5.41) is 0. The molecular formula is C24H27NO6S. The van der Waals surface area contributed by atoms with Gasteiger partial charge in [0.2, 0.25) is 5.91 Å². The standard InChI is InChI=1S/C24H27NO6S/c1-18(2)15-24(26)25(17-21-8-6-14-30-21)16-19-7-4-5-9-23(19)31-32(27,28)22-12-10-20(29-3)11-13-22/h4-14,18H,15-17H2,1-3H3. The average molecular weight is 458 g/mol. The molecule has 2 aromatic carbocycles. The third-order valence-corrected chi connectivity index (χ3v) is 5.99. The molecule has 0 N–H and O–H groups in total. The van der Waals surface area contributed by atoms with Crippen molar-refractivity contribution in [3.8, 4) is 11.5 Å². The zero-order chi connectivity index (χ0) is 23.1. The molecule has 1 amide bonds. The first kappa shape index (κ1) is 23.4. The molecule has 0 aliphatic carbocycles. The van der Waals surface area contributed by atoms with E-state index in [1.54, 1.807) is 59.7 Å². The van der Waals surface area contributed by atoms with Crippen LogP contribution in [0.1, 0.15) is 31.6 Å². The van der Waals surface area contributed by atoms with Crippen LogP contribution in [0.25, 0.3) is 0 Å². The van der Waals surface area contributed by atoms with E-state index in [4.69, 9.17) is 13.3 Å². The van der Waals surface area contributed by atoms with Gasteiger partial charge in [0.25, 0.3) is 0 Å². The molecule has 0 bridgehead atoms. The van der Waals surface area contributed by atoms with Gasteiger partial charge in [-0.25, -0.2) is 0 Å². The van der Waals surface area contributed by atoms with E-state index in [0.717, 1.165) is 0 Å². The van der Waals surface area contributed by atoms with Crippen molar-refractivity contribution in [2.24, 2.45) is 5.92 Å². The Morgan fingerprint density at radius 3 is 2.34 bits per heavy atom. The van der Waals surface area contributed by atoms with Gasteiger partial charge in [-0.3, -0.25) is 4.79 Å². The Balaban J connectivity index is 1.85. The first-order chi connectivity index (χ1) is 15.3. The number of nitrogens with zero attached hydrogens (tertiary/aromatic N) is 1. The molecule has 0 unspecified atom stereocenters. The lowest BCUT2D eigenvalue weighted by Gasteiger charge is -2.24. The molecule has 0 radical (unpaired) electrons. The fourth-order valence-electron chi connectivity index (χ4n) is 3.13. The molecule has 0 aliphatic heterocycles. The second kappa shape index (κ2) is 10.4. The number of para-hydroxylation sites is 1. The monoisotopic (exact) mass is 457 g/mol. The van der Waals surface area contributed by atoms with Crippen LogP contribution in [0.15, 0.2) is 76.2 Å². The van der Waals surface area contributed by atoms with Crippen molar-refractivity contribution >= 4 is 16.0 Å². The number of methoxy groups -OCH3 is 1. The van der Waals surface area contributed by atoms with E-state index in [2.05, 4.69) is 0 Å². The zero-order valence-electron chi connectivity index (χ0n) is 18.4. The first-order valence-electron chi connectivity index (χ1n) is 10.2. The Morgan fingerprint density at radius 1 is 1.00 bits per heavy atom. The predicted octanol–water partition coefficient (Wildman–Crippen LogP) is 4.63. The second-order valence-electron chi connectivity index (χ2n) is 7.75. The van der Waals surface area contributed by atoms with E-state index in [1.807, 2.05) is 13.8 Å². The van der Waals surface area contributed by atoms with Gasteiger partial charge in [0.1, 0.15) is 22.2 Å². The van der Waals surface area contributed by atoms with Crippen molar-refractivity contribution < 1.29 is 26.5 Å². The number of amides is 1. The maximum absolute atomic E-state index is 12.9. The third-order valence-electron chi connectivity index (χ3n) is 4.74. The number of carbonyl (C=O) groups excluding carboxylic acids is 1. The fourth-order valence-corrected chi connectivity index (χ4v) is 4.10. The topological polar surface area (TPSA) is 86.1 Å². The summed E-state index contributed by atoms with van der Waals surface area (Å²) in [4.78, 5) is 14.5. The van der Waals surface area contributed by atoms with Gasteiger partial charge in [-0.15, -0.1) is 0 Å². The molecule has 0 aliphatic rings. The largest absolute Gasteiger partial charge is 0.497 e. The van der Waals surface area contributed by atoms with E-state index >= 15 is 0 Å². The van der Waals surface area contributed by atoms with Gasteiger partial charge in [-0.05, 0) is 48.4 Å². The summed E-state index contributed by atoms with van der Waals surface area (Å²) in [5.74, 6) is 1.49. The number of hydrogen-bond acceptors (Lipinski definition) is 6. The van der Waals surface area contributed by atoms with Crippen LogP contribution in [0.2, 0.25) is 0 Å².